The zero-order valence-electron chi connectivity index (χ0n) is 17.0. The Morgan fingerprint density at radius 3 is 2.32 bits per heavy atom. The number of pyridine rings is 2. The standard InChI is InChI=1S/C27H22N4/c28-24-15-5-4-13-23(24)25-17-20-11-8-14-22(19-9-2-1-3-10-19)26(20)27(31-25)30-18-21-12-6-7-16-29-21/h1-17H,18,28H2,(H,30,31). The first kappa shape index (κ1) is 18.8. The van der Waals surface area contributed by atoms with E-state index in [0.29, 0.717) is 12.2 Å². The number of rotatable bonds is 5. The van der Waals surface area contributed by atoms with Gasteiger partial charge in [-0.3, -0.25) is 4.98 Å². The molecule has 2 heterocycles. The molecule has 0 fully saturated rings. The van der Waals surface area contributed by atoms with Crippen LogP contribution in [-0.4, -0.2) is 9.97 Å². The molecule has 0 aliphatic carbocycles. The van der Waals surface area contributed by atoms with Crippen LogP contribution in [0.3, 0.4) is 0 Å². The van der Waals surface area contributed by atoms with Crippen LogP contribution in [0.5, 0.6) is 0 Å². The highest BCUT2D eigenvalue weighted by molar-refractivity contribution is 6.05. The predicted octanol–water partition coefficient (Wildman–Crippen LogP) is 6.16. The Hall–Kier alpha value is -4.18. The highest BCUT2D eigenvalue weighted by atomic mass is 15.0. The fraction of sp³-hybridized carbons (Fsp3) is 0.0370. The van der Waals surface area contributed by atoms with Gasteiger partial charge in [0, 0.05) is 22.8 Å². The normalized spacial score (nSPS) is 10.8. The summed E-state index contributed by atoms with van der Waals surface area (Å²) in [7, 11) is 0. The average Bonchev–Trinajstić information content (AvgIpc) is 2.83. The van der Waals surface area contributed by atoms with Gasteiger partial charge in [0.05, 0.1) is 17.9 Å². The summed E-state index contributed by atoms with van der Waals surface area (Å²) in [5, 5.41) is 5.72. The number of nitrogens with two attached hydrogens (primary N) is 1. The summed E-state index contributed by atoms with van der Waals surface area (Å²) in [5.41, 5.74) is 12.0. The van der Waals surface area contributed by atoms with E-state index in [9.17, 15) is 0 Å². The number of hydrogen-bond donors (Lipinski definition) is 2. The molecule has 0 aliphatic heterocycles. The van der Waals surface area contributed by atoms with Crippen molar-refractivity contribution in [2.24, 2.45) is 0 Å². The lowest BCUT2D eigenvalue weighted by Gasteiger charge is -2.16. The second kappa shape index (κ2) is 8.28. The van der Waals surface area contributed by atoms with Crippen molar-refractivity contribution in [3.05, 3.63) is 109 Å². The fourth-order valence-corrected chi connectivity index (χ4v) is 3.84. The zero-order valence-corrected chi connectivity index (χ0v) is 17.0. The van der Waals surface area contributed by atoms with E-state index >= 15 is 0 Å². The minimum absolute atomic E-state index is 0.583. The Balaban J connectivity index is 1.70. The van der Waals surface area contributed by atoms with E-state index in [2.05, 4.69) is 58.8 Å². The van der Waals surface area contributed by atoms with Crippen LogP contribution in [-0.2, 0) is 6.54 Å². The van der Waals surface area contributed by atoms with Crippen LogP contribution in [0.2, 0.25) is 0 Å². The number of anilines is 2. The van der Waals surface area contributed by atoms with Crippen LogP contribution in [0.4, 0.5) is 11.5 Å². The van der Waals surface area contributed by atoms with Crippen LogP contribution in [0.1, 0.15) is 5.69 Å². The van der Waals surface area contributed by atoms with Crippen molar-refractivity contribution in [2.75, 3.05) is 11.1 Å². The Bertz CT molecular complexity index is 1330. The quantitative estimate of drug-likeness (QED) is 0.346. The van der Waals surface area contributed by atoms with Crippen molar-refractivity contribution in [2.45, 2.75) is 6.54 Å². The van der Waals surface area contributed by atoms with Crippen molar-refractivity contribution < 1.29 is 0 Å². The third-order valence-corrected chi connectivity index (χ3v) is 5.34. The first-order valence-corrected chi connectivity index (χ1v) is 10.3. The van der Waals surface area contributed by atoms with Crippen molar-refractivity contribution >= 4 is 22.3 Å². The van der Waals surface area contributed by atoms with E-state index in [0.717, 1.165) is 44.7 Å². The fourth-order valence-electron chi connectivity index (χ4n) is 3.84. The lowest BCUT2D eigenvalue weighted by atomic mass is 9.97. The van der Waals surface area contributed by atoms with Crippen molar-refractivity contribution in [1.29, 1.82) is 0 Å². The number of nitrogens with one attached hydrogen (secondary N) is 1. The van der Waals surface area contributed by atoms with Crippen molar-refractivity contribution in [1.82, 2.24) is 9.97 Å². The van der Waals surface area contributed by atoms with E-state index in [1.165, 1.54) is 0 Å². The van der Waals surface area contributed by atoms with Gasteiger partial charge in [0.25, 0.3) is 0 Å². The molecule has 3 aromatic carbocycles. The van der Waals surface area contributed by atoms with Gasteiger partial charge in [0.2, 0.25) is 0 Å². The molecule has 0 atom stereocenters. The first-order valence-electron chi connectivity index (χ1n) is 10.3. The molecule has 4 nitrogen and oxygen atoms in total. The van der Waals surface area contributed by atoms with Crippen LogP contribution >= 0.6 is 0 Å². The van der Waals surface area contributed by atoms with Gasteiger partial charge in [-0.15, -0.1) is 0 Å². The average molecular weight is 403 g/mol. The van der Waals surface area contributed by atoms with Crippen LogP contribution in [0.25, 0.3) is 33.2 Å². The second-order valence-electron chi connectivity index (χ2n) is 7.39. The maximum Gasteiger partial charge on any atom is 0.135 e. The Morgan fingerprint density at radius 1 is 0.742 bits per heavy atom. The minimum Gasteiger partial charge on any atom is -0.398 e. The molecular weight excluding hydrogens is 380 g/mol. The van der Waals surface area contributed by atoms with Gasteiger partial charge in [0.1, 0.15) is 5.82 Å². The molecule has 2 aromatic heterocycles. The number of nitrogen functional groups attached to an aromatic ring is 1. The van der Waals surface area contributed by atoms with Crippen LogP contribution in [0.15, 0.2) is 103 Å². The molecule has 5 aromatic rings. The Kier molecular flexibility index (Phi) is 5.03. The number of para-hydroxylation sites is 1. The number of nitrogens with zero attached hydrogens (tertiary/aromatic N) is 2. The summed E-state index contributed by atoms with van der Waals surface area (Å²) < 4.78 is 0. The summed E-state index contributed by atoms with van der Waals surface area (Å²) in [4.78, 5) is 9.45. The molecule has 0 unspecified atom stereocenters. The predicted molar refractivity (Wildman–Crippen MR) is 129 cm³/mol. The topological polar surface area (TPSA) is 63.8 Å². The lowest BCUT2D eigenvalue weighted by molar-refractivity contribution is 1.03. The van der Waals surface area contributed by atoms with E-state index in [4.69, 9.17) is 10.7 Å². The van der Waals surface area contributed by atoms with Gasteiger partial charge in [0.15, 0.2) is 0 Å². The smallest absolute Gasteiger partial charge is 0.135 e. The molecule has 0 saturated carbocycles. The van der Waals surface area contributed by atoms with E-state index in [-0.39, 0.29) is 0 Å². The summed E-state index contributed by atoms with van der Waals surface area (Å²) in [6, 6.07) is 32.6. The first-order chi connectivity index (χ1) is 15.3. The molecule has 150 valence electrons. The van der Waals surface area contributed by atoms with Gasteiger partial charge in [-0.2, -0.15) is 0 Å². The SMILES string of the molecule is Nc1ccccc1-c1cc2cccc(-c3ccccc3)c2c(NCc2ccccn2)n1. The number of fused-ring (bicyclic) bond motifs is 1. The molecule has 0 aliphatic rings. The number of benzene rings is 3. The van der Waals surface area contributed by atoms with E-state index in [1.807, 2.05) is 48.5 Å². The summed E-state index contributed by atoms with van der Waals surface area (Å²) in [6.07, 6.45) is 1.80. The van der Waals surface area contributed by atoms with Crippen LogP contribution < -0.4 is 11.1 Å². The van der Waals surface area contributed by atoms with Crippen LogP contribution in [0, 0.1) is 0 Å². The molecule has 0 bridgehead atoms. The highest BCUT2D eigenvalue weighted by Gasteiger charge is 2.14. The molecule has 0 radical (unpaired) electrons. The highest BCUT2D eigenvalue weighted by Crippen LogP contribution is 2.36. The van der Waals surface area contributed by atoms with Gasteiger partial charge in [-0.05, 0) is 40.8 Å². The molecule has 0 saturated heterocycles. The molecule has 0 spiro atoms. The molecule has 31 heavy (non-hydrogen) atoms. The Labute approximate surface area is 181 Å². The van der Waals surface area contributed by atoms with Gasteiger partial charge in [-0.25, -0.2) is 4.98 Å². The monoisotopic (exact) mass is 402 g/mol. The van der Waals surface area contributed by atoms with E-state index in [1.54, 1.807) is 6.20 Å². The van der Waals surface area contributed by atoms with Gasteiger partial charge in [-0.1, -0.05) is 72.8 Å². The maximum atomic E-state index is 6.26. The van der Waals surface area contributed by atoms with Gasteiger partial charge < -0.3 is 11.1 Å². The summed E-state index contributed by atoms with van der Waals surface area (Å²) in [5.74, 6) is 0.820. The second-order valence-corrected chi connectivity index (χ2v) is 7.39. The number of hydrogen-bond acceptors (Lipinski definition) is 4. The molecule has 3 N–H and O–H groups in total. The largest absolute Gasteiger partial charge is 0.398 e. The molecule has 0 amide bonds. The zero-order chi connectivity index (χ0) is 21.0. The number of aromatic nitrogens is 2. The third-order valence-electron chi connectivity index (χ3n) is 5.34. The summed E-state index contributed by atoms with van der Waals surface area (Å²) >= 11 is 0. The third kappa shape index (κ3) is 3.83. The van der Waals surface area contributed by atoms with Crippen molar-refractivity contribution in [3.8, 4) is 22.4 Å². The summed E-state index contributed by atoms with van der Waals surface area (Å²) in [6.45, 7) is 0.583. The van der Waals surface area contributed by atoms with E-state index < -0.39 is 0 Å². The van der Waals surface area contributed by atoms with Crippen molar-refractivity contribution in [3.63, 3.8) is 0 Å². The molecule has 4 heteroatoms. The Morgan fingerprint density at radius 2 is 1.52 bits per heavy atom. The maximum absolute atomic E-state index is 6.26. The van der Waals surface area contributed by atoms with Gasteiger partial charge >= 0.3 is 0 Å². The molecule has 5 rings (SSSR count). The lowest BCUT2D eigenvalue weighted by Crippen LogP contribution is -2.05. The minimum atomic E-state index is 0.583. The molecular formula is C27H22N4.